The van der Waals surface area contributed by atoms with E-state index in [9.17, 15) is 9.59 Å². The molecule has 4 rings (SSSR count). The number of aromatic amines is 1. The van der Waals surface area contributed by atoms with E-state index in [0.717, 1.165) is 30.7 Å². The van der Waals surface area contributed by atoms with Crippen LogP contribution in [0.4, 0.5) is 0 Å². The van der Waals surface area contributed by atoms with E-state index in [4.69, 9.17) is 0 Å². The lowest BCUT2D eigenvalue weighted by Gasteiger charge is -2.35. The Bertz CT molecular complexity index is 957. The van der Waals surface area contributed by atoms with Crippen LogP contribution in [0.5, 0.6) is 0 Å². The summed E-state index contributed by atoms with van der Waals surface area (Å²) >= 11 is 1.36. The third kappa shape index (κ3) is 2.43. The van der Waals surface area contributed by atoms with E-state index in [1.807, 2.05) is 11.8 Å². The summed E-state index contributed by atoms with van der Waals surface area (Å²) < 4.78 is 1.46. The average molecular weight is 343 g/mol. The van der Waals surface area contributed by atoms with E-state index < -0.39 is 0 Å². The molecule has 0 bridgehead atoms. The van der Waals surface area contributed by atoms with Gasteiger partial charge in [-0.3, -0.25) is 14.0 Å². The van der Waals surface area contributed by atoms with Gasteiger partial charge in [-0.2, -0.15) is 0 Å². The van der Waals surface area contributed by atoms with E-state index in [0.29, 0.717) is 17.2 Å². The van der Waals surface area contributed by atoms with Crippen molar-refractivity contribution in [2.75, 3.05) is 6.54 Å². The van der Waals surface area contributed by atoms with Gasteiger partial charge in [-0.1, -0.05) is 0 Å². The average Bonchev–Trinajstić information content (AvgIpc) is 3.23. The summed E-state index contributed by atoms with van der Waals surface area (Å²) in [6.45, 7) is 2.53. The third-order valence-electron chi connectivity index (χ3n) is 4.48. The van der Waals surface area contributed by atoms with Crippen molar-refractivity contribution in [3.63, 3.8) is 0 Å². The zero-order chi connectivity index (χ0) is 16.7. The van der Waals surface area contributed by atoms with Crippen molar-refractivity contribution in [3.05, 3.63) is 50.6 Å². The number of carbonyl (C=O) groups excluding carboxylic acids is 1. The Morgan fingerprint density at radius 1 is 1.38 bits per heavy atom. The minimum Gasteiger partial charge on any atom is -0.329 e. The van der Waals surface area contributed by atoms with Crippen molar-refractivity contribution >= 4 is 23.0 Å². The molecule has 0 radical (unpaired) electrons. The molecule has 1 atom stereocenters. The molecule has 3 aromatic rings. The monoisotopic (exact) mass is 343 g/mol. The lowest BCUT2D eigenvalue weighted by molar-refractivity contribution is 0.0610. The molecule has 1 fully saturated rings. The van der Waals surface area contributed by atoms with Crippen LogP contribution in [0.15, 0.2) is 28.8 Å². The Kier molecular flexibility index (Phi) is 3.68. The molecule has 3 aromatic heterocycles. The van der Waals surface area contributed by atoms with Gasteiger partial charge in [0, 0.05) is 30.7 Å². The molecule has 0 aromatic carbocycles. The fourth-order valence-corrected chi connectivity index (χ4v) is 4.01. The second-order valence-electron chi connectivity index (χ2n) is 5.96. The number of imidazole rings is 1. The van der Waals surface area contributed by atoms with Crippen LogP contribution in [-0.4, -0.2) is 36.7 Å². The molecule has 7 nitrogen and oxygen atoms in total. The molecule has 0 saturated carbocycles. The van der Waals surface area contributed by atoms with Crippen molar-refractivity contribution in [3.8, 4) is 0 Å². The fraction of sp³-hybridized carbons (Fsp3) is 0.375. The number of amides is 1. The number of aryl methyl sites for hydroxylation is 1. The van der Waals surface area contributed by atoms with Gasteiger partial charge in [0.2, 0.25) is 5.78 Å². The number of carbonyl (C=O) groups is 1. The molecular formula is C16H17N5O2S. The molecule has 1 saturated heterocycles. The quantitative estimate of drug-likeness (QED) is 0.773. The van der Waals surface area contributed by atoms with Crippen molar-refractivity contribution in [1.29, 1.82) is 0 Å². The first-order valence-electron chi connectivity index (χ1n) is 7.92. The fourth-order valence-electron chi connectivity index (χ4n) is 3.26. The summed E-state index contributed by atoms with van der Waals surface area (Å²) in [4.78, 5) is 39.3. The molecule has 24 heavy (non-hydrogen) atoms. The number of likely N-dealkylation sites (tertiary alicyclic amines) is 1. The molecule has 8 heteroatoms. The highest BCUT2D eigenvalue weighted by atomic mass is 32.1. The van der Waals surface area contributed by atoms with Crippen LogP contribution < -0.4 is 5.56 Å². The van der Waals surface area contributed by atoms with Gasteiger partial charge in [-0.15, -0.1) is 11.3 Å². The Balaban J connectivity index is 1.74. The Morgan fingerprint density at radius 3 is 3.04 bits per heavy atom. The predicted molar refractivity (Wildman–Crippen MR) is 90.3 cm³/mol. The topological polar surface area (TPSA) is 83.4 Å². The number of rotatable bonds is 2. The molecule has 1 N–H and O–H groups in total. The van der Waals surface area contributed by atoms with Gasteiger partial charge in [0.15, 0.2) is 0 Å². The summed E-state index contributed by atoms with van der Waals surface area (Å²) in [5.74, 6) is 0.494. The minimum atomic E-state index is -0.137. The van der Waals surface area contributed by atoms with E-state index in [1.54, 1.807) is 24.0 Å². The second-order valence-corrected chi connectivity index (χ2v) is 6.82. The smallest absolute Gasteiger partial charge is 0.266 e. The van der Waals surface area contributed by atoms with E-state index in [2.05, 4.69) is 15.0 Å². The van der Waals surface area contributed by atoms with Crippen molar-refractivity contribution < 1.29 is 4.79 Å². The summed E-state index contributed by atoms with van der Waals surface area (Å²) in [5.41, 5.74) is 3.06. The van der Waals surface area contributed by atoms with Gasteiger partial charge in [0.1, 0.15) is 4.88 Å². The summed E-state index contributed by atoms with van der Waals surface area (Å²) in [7, 11) is 0. The Hall–Kier alpha value is -2.48. The highest BCUT2D eigenvalue weighted by Crippen LogP contribution is 2.32. The van der Waals surface area contributed by atoms with Gasteiger partial charge in [-0.25, -0.2) is 9.97 Å². The van der Waals surface area contributed by atoms with Crippen molar-refractivity contribution in [2.24, 2.45) is 0 Å². The maximum Gasteiger partial charge on any atom is 0.266 e. The highest BCUT2D eigenvalue weighted by Gasteiger charge is 2.31. The first-order valence-corrected chi connectivity index (χ1v) is 8.80. The van der Waals surface area contributed by atoms with Crippen molar-refractivity contribution in [2.45, 2.75) is 32.2 Å². The number of nitrogens with zero attached hydrogens (tertiary/aromatic N) is 4. The zero-order valence-corrected chi connectivity index (χ0v) is 14.0. The van der Waals surface area contributed by atoms with E-state index in [-0.39, 0.29) is 17.5 Å². The molecule has 0 aliphatic carbocycles. The van der Waals surface area contributed by atoms with Gasteiger partial charge >= 0.3 is 0 Å². The summed E-state index contributed by atoms with van der Waals surface area (Å²) in [6.07, 6.45) is 6.04. The lowest BCUT2D eigenvalue weighted by atomic mass is 9.98. The van der Waals surface area contributed by atoms with Gasteiger partial charge in [-0.05, 0) is 26.2 Å². The number of nitrogens with one attached hydrogen (secondary N) is 1. The zero-order valence-electron chi connectivity index (χ0n) is 13.2. The van der Waals surface area contributed by atoms with Crippen LogP contribution in [0.2, 0.25) is 0 Å². The second kappa shape index (κ2) is 5.86. The van der Waals surface area contributed by atoms with Crippen LogP contribution in [0.25, 0.3) is 5.78 Å². The largest absolute Gasteiger partial charge is 0.329 e. The first-order chi connectivity index (χ1) is 11.6. The van der Waals surface area contributed by atoms with Crippen LogP contribution >= 0.6 is 11.3 Å². The maximum atomic E-state index is 12.9. The number of H-pyrrole nitrogens is 1. The van der Waals surface area contributed by atoms with E-state index >= 15 is 0 Å². The van der Waals surface area contributed by atoms with Crippen LogP contribution in [0.1, 0.15) is 46.4 Å². The number of fused-ring (bicyclic) bond motifs is 1. The van der Waals surface area contributed by atoms with Gasteiger partial charge in [0.05, 0.1) is 17.2 Å². The van der Waals surface area contributed by atoms with Gasteiger partial charge in [0.25, 0.3) is 11.5 Å². The molecule has 0 spiro atoms. The summed E-state index contributed by atoms with van der Waals surface area (Å²) in [5, 5.41) is 0. The SMILES string of the molecule is Cc1ncsc1C(=O)N1CCCC[C@H]1c1cc(=O)n2ccnc2[nH]1. The Morgan fingerprint density at radius 2 is 2.25 bits per heavy atom. The molecule has 1 aliphatic rings. The summed E-state index contributed by atoms with van der Waals surface area (Å²) in [6, 6.07) is 1.44. The molecule has 124 valence electrons. The number of piperidine rings is 1. The molecule has 1 aliphatic heterocycles. The Labute approximate surface area is 142 Å². The van der Waals surface area contributed by atoms with Crippen LogP contribution in [0, 0.1) is 6.92 Å². The van der Waals surface area contributed by atoms with E-state index in [1.165, 1.54) is 15.7 Å². The lowest BCUT2D eigenvalue weighted by Crippen LogP contribution is -2.39. The minimum absolute atomic E-state index is 0.0104. The predicted octanol–water partition coefficient (Wildman–Crippen LogP) is 2.15. The normalized spacial score (nSPS) is 18.2. The standard InChI is InChI=1S/C16H17N5O2S/c1-10-14(24-9-18-10)15(23)20-6-3-2-4-12(20)11-8-13(22)21-7-5-17-16(21)19-11/h5,7-9,12H,2-4,6H2,1H3,(H,17,19)/t12-/m0/s1. The van der Waals surface area contributed by atoms with Crippen LogP contribution in [0.3, 0.4) is 0 Å². The van der Waals surface area contributed by atoms with Gasteiger partial charge < -0.3 is 9.88 Å². The number of hydrogen-bond acceptors (Lipinski definition) is 5. The number of aromatic nitrogens is 4. The first kappa shape index (κ1) is 15.1. The number of thiazole rings is 1. The highest BCUT2D eigenvalue weighted by molar-refractivity contribution is 7.11. The molecule has 4 heterocycles. The number of hydrogen-bond donors (Lipinski definition) is 1. The van der Waals surface area contributed by atoms with Crippen molar-refractivity contribution in [1.82, 2.24) is 24.3 Å². The van der Waals surface area contributed by atoms with Crippen LogP contribution in [-0.2, 0) is 0 Å². The maximum absolute atomic E-state index is 12.9. The molecule has 1 amide bonds. The molecular weight excluding hydrogens is 326 g/mol. The third-order valence-corrected chi connectivity index (χ3v) is 5.39. The molecule has 0 unspecified atom stereocenters.